The lowest BCUT2D eigenvalue weighted by Gasteiger charge is -2.21. The van der Waals surface area contributed by atoms with Crippen LogP contribution in [0.4, 0.5) is 0 Å². The molecule has 7 heteroatoms. The fraction of sp³-hybridized carbons (Fsp3) is 0.435. The Balaban J connectivity index is 1.94. The van der Waals surface area contributed by atoms with Crippen molar-refractivity contribution in [2.75, 3.05) is 6.61 Å². The molecule has 0 saturated carbocycles. The van der Waals surface area contributed by atoms with Crippen molar-refractivity contribution in [3.05, 3.63) is 66.2 Å². The lowest BCUT2D eigenvalue weighted by molar-refractivity contribution is -0.145. The van der Waals surface area contributed by atoms with Gasteiger partial charge in [-0.3, -0.25) is 4.79 Å². The summed E-state index contributed by atoms with van der Waals surface area (Å²) in [4.78, 5) is 12.7. The van der Waals surface area contributed by atoms with E-state index in [1.807, 2.05) is 36.4 Å². The van der Waals surface area contributed by atoms with Crippen molar-refractivity contribution < 1.29 is 18.6 Å². The number of unbranched alkanes of at least 4 members (excludes halogenated alkanes) is 5. The van der Waals surface area contributed by atoms with Crippen LogP contribution in [0.2, 0.25) is 0 Å². The molecule has 0 aliphatic rings. The Morgan fingerprint density at radius 2 is 1.57 bits per heavy atom. The molecule has 0 saturated heterocycles. The summed E-state index contributed by atoms with van der Waals surface area (Å²) >= 11 is 6.12. The van der Waals surface area contributed by atoms with E-state index >= 15 is 0 Å². The maximum atomic E-state index is 12.8. The van der Waals surface area contributed by atoms with Gasteiger partial charge in [-0.1, -0.05) is 87.6 Å². The molecule has 30 heavy (non-hydrogen) atoms. The summed E-state index contributed by atoms with van der Waals surface area (Å²) in [5, 5.41) is 2.68. The average molecular weight is 452 g/mol. The van der Waals surface area contributed by atoms with Crippen molar-refractivity contribution in [1.82, 2.24) is 5.09 Å². The summed E-state index contributed by atoms with van der Waals surface area (Å²) in [5.41, 5.74) is 0.905. The molecule has 5 nitrogen and oxygen atoms in total. The number of carbonyl (C=O) groups excluding carboxylic acids is 1. The molecule has 0 spiro atoms. The van der Waals surface area contributed by atoms with Gasteiger partial charge in [0.15, 0.2) is 0 Å². The molecule has 2 rings (SSSR count). The second kappa shape index (κ2) is 13.5. The normalized spacial score (nSPS) is 13.9. The number of ether oxygens (including phenoxy) is 1. The molecular formula is C23H31ClNO4P. The molecule has 1 N–H and O–H groups in total. The largest absolute Gasteiger partial charge is 0.465 e. The summed E-state index contributed by atoms with van der Waals surface area (Å²) in [6, 6.07) is 17.2. The van der Waals surface area contributed by atoms with E-state index in [9.17, 15) is 9.36 Å². The quantitative estimate of drug-likeness (QED) is 0.201. The highest BCUT2D eigenvalue weighted by Crippen LogP contribution is 2.48. The Hall–Kier alpha value is -1.81. The molecule has 0 fully saturated rings. The highest BCUT2D eigenvalue weighted by atomic mass is 35.7. The minimum Gasteiger partial charge on any atom is -0.465 e. The third-order valence-electron chi connectivity index (χ3n) is 4.59. The van der Waals surface area contributed by atoms with E-state index in [2.05, 4.69) is 12.0 Å². The van der Waals surface area contributed by atoms with Crippen molar-refractivity contribution in [3.8, 4) is 5.75 Å². The van der Waals surface area contributed by atoms with Crippen molar-refractivity contribution in [2.45, 2.75) is 57.9 Å². The first-order valence-corrected chi connectivity index (χ1v) is 13.1. The Morgan fingerprint density at radius 1 is 0.967 bits per heavy atom. The molecule has 0 aliphatic heterocycles. The Bertz CT molecular complexity index is 788. The summed E-state index contributed by atoms with van der Waals surface area (Å²) in [7, 11) is 0. The van der Waals surface area contributed by atoms with Crippen LogP contribution in [0.3, 0.4) is 0 Å². The van der Waals surface area contributed by atoms with Gasteiger partial charge in [0.1, 0.15) is 11.8 Å². The van der Waals surface area contributed by atoms with E-state index in [0.717, 1.165) is 24.8 Å². The zero-order valence-electron chi connectivity index (χ0n) is 17.5. The molecule has 0 bridgehead atoms. The highest BCUT2D eigenvalue weighted by Gasteiger charge is 2.31. The predicted molar refractivity (Wildman–Crippen MR) is 122 cm³/mol. The molecule has 1 unspecified atom stereocenters. The van der Waals surface area contributed by atoms with Crippen LogP contribution >= 0.6 is 18.1 Å². The van der Waals surface area contributed by atoms with Gasteiger partial charge in [-0.25, -0.2) is 9.65 Å². The van der Waals surface area contributed by atoms with Crippen LogP contribution in [-0.4, -0.2) is 18.6 Å². The van der Waals surface area contributed by atoms with Gasteiger partial charge < -0.3 is 9.26 Å². The number of para-hydroxylation sites is 1. The van der Waals surface area contributed by atoms with E-state index in [-0.39, 0.29) is 0 Å². The number of nitrogens with one attached hydrogen (secondary N) is 1. The van der Waals surface area contributed by atoms with Crippen LogP contribution in [0.5, 0.6) is 5.75 Å². The highest BCUT2D eigenvalue weighted by molar-refractivity contribution is 7.84. The first kappa shape index (κ1) is 24.5. The van der Waals surface area contributed by atoms with Gasteiger partial charge in [0, 0.05) is 11.2 Å². The smallest absolute Gasteiger partial charge is 0.409 e. The first-order chi connectivity index (χ1) is 14.5. The van der Waals surface area contributed by atoms with Gasteiger partial charge in [-0.15, -0.1) is 0 Å². The SMILES string of the molecule is CCCCCCCCOC(=O)[C@H](Cc1ccccc1)NP(=O)(Cl)Oc1ccccc1. The number of benzene rings is 2. The lowest BCUT2D eigenvalue weighted by atomic mass is 10.1. The number of esters is 1. The van der Waals surface area contributed by atoms with Crippen molar-refractivity contribution >= 4 is 24.1 Å². The van der Waals surface area contributed by atoms with E-state index in [1.165, 1.54) is 19.3 Å². The van der Waals surface area contributed by atoms with Crippen LogP contribution in [-0.2, 0) is 20.5 Å². The molecular weight excluding hydrogens is 421 g/mol. The van der Waals surface area contributed by atoms with Gasteiger partial charge in [0.05, 0.1) is 6.61 Å². The number of hydrogen-bond acceptors (Lipinski definition) is 4. The van der Waals surface area contributed by atoms with Crippen molar-refractivity contribution in [3.63, 3.8) is 0 Å². The third kappa shape index (κ3) is 9.80. The standard InChI is InChI=1S/C23H31ClNO4P/c1-2-3-4-5-6-13-18-28-23(26)22(19-20-14-9-7-10-15-20)25-30(24,27)29-21-16-11-8-12-17-21/h7-12,14-17,22H,2-6,13,18-19H2,1H3,(H,25,27)/t22-,30?/m0/s1. The van der Waals surface area contributed by atoms with Crippen LogP contribution < -0.4 is 9.61 Å². The zero-order chi connectivity index (χ0) is 21.7. The molecule has 0 aromatic heterocycles. The summed E-state index contributed by atoms with van der Waals surface area (Å²) < 4.78 is 23.6. The summed E-state index contributed by atoms with van der Waals surface area (Å²) in [6.45, 7) is -1.28. The Labute approximate surface area is 184 Å². The van der Waals surface area contributed by atoms with Crippen LogP contribution in [0.1, 0.15) is 51.0 Å². The lowest BCUT2D eigenvalue weighted by Crippen LogP contribution is -2.38. The third-order valence-corrected chi connectivity index (χ3v) is 6.15. The molecule has 2 atom stereocenters. The van der Waals surface area contributed by atoms with E-state index < -0.39 is 18.9 Å². The fourth-order valence-corrected chi connectivity index (χ4v) is 4.62. The Kier molecular flexibility index (Phi) is 11.0. The minimum absolute atomic E-state index is 0.297. The summed E-state index contributed by atoms with van der Waals surface area (Å²) in [6.07, 6.45) is 6.90. The maximum Gasteiger partial charge on any atom is 0.409 e. The van der Waals surface area contributed by atoms with Gasteiger partial charge in [-0.05, 0) is 30.5 Å². The second-order valence-electron chi connectivity index (χ2n) is 7.19. The van der Waals surface area contributed by atoms with Gasteiger partial charge in [-0.2, -0.15) is 0 Å². The first-order valence-electron chi connectivity index (χ1n) is 10.5. The van der Waals surface area contributed by atoms with E-state index in [4.69, 9.17) is 20.5 Å². The predicted octanol–water partition coefficient (Wildman–Crippen LogP) is 6.52. The molecule has 0 amide bonds. The number of halogens is 1. The molecule has 2 aromatic rings. The summed E-state index contributed by atoms with van der Waals surface area (Å²) in [5.74, 6) is -0.118. The van der Waals surface area contributed by atoms with Gasteiger partial charge in [0.25, 0.3) is 0 Å². The van der Waals surface area contributed by atoms with Gasteiger partial charge >= 0.3 is 12.8 Å². The van der Waals surface area contributed by atoms with Gasteiger partial charge in [0.2, 0.25) is 0 Å². The van der Waals surface area contributed by atoms with Crippen molar-refractivity contribution in [1.29, 1.82) is 0 Å². The zero-order valence-corrected chi connectivity index (χ0v) is 19.1. The Morgan fingerprint density at radius 3 is 2.23 bits per heavy atom. The second-order valence-corrected chi connectivity index (χ2v) is 9.93. The fourth-order valence-electron chi connectivity index (χ4n) is 3.02. The van der Waals surface area contributed by atoms with Crippen LogP contribution in [0, 0.1) is 0 Å². The molecule has 164 valence electrons. The maximum absolute atomic E-state index is 12.8. The minimum atomic E-state index is -3.80. The number of carbonyl (C=O) groups is 1. The molecule has 2 aromatic carbocycles. The van der Waals surface area contributed by atoms with E-state index in [0.29, 0.717) is 18.8 Å². The monoisotopic (exact) mass is 451 g/mol. The average Bonchev–Trinajstić information content (AvgIpc) is 2.73. The van der Waals surface area contributed by atoms with Crippen LogP contribution in [0.25, 0.3) is 0 Å². The topological polar surface area (TPSA) is 64.6 Å². The van der Waals surface area contributed by atoms with Crippen LogP contribution in [0.15, 0.2) is 60.7 Å². The molecule has 0 radical (unpaired) electrons. The van der Waals surface area contributed by atoms with Crippen molar-refractivity contribution in [2.24, 2.45) is 0 Å². The molecule has 0 heterocycles. The van der Waals surface area contributed by atoms with E-state index in [1.54, 1.807) is 24.3 Å². The number of rotatable bonds is 14. The number of hydrogen-bond donors (Lipinski definition) is 1. The molecule has 0 aliphatic carbocycles.